The van der Waals surface area contributed by atoms with Crippen molar-refractivity contribution in [2.24, 2.45) is 0 Å². The zero-order valence-corrected chi connectivity index (χ0v) is 20.7. The Balaban J connectivity index is 1.62. The minimum absolute atomic E-state index is 0.121. The molecule has 0 atom stereocenters. The van der Waals surface area contributed by atoms with Crippen LogP contribution in [0, 0.1) is 13.8 Å². The molecule has 0 unspecified atom stereocenters. The molecule has 0 aliphatic carbocycles. The number of fused-ring (bicyclic) bond motifs is 3. The van der Waals surface area contributed by atoms with Gasteiger partial charge in [0.05, 0.1) is 11.9 Å². The van der Waals surface area contributed by atoms with Crippen LogP contribution in [0.2, 0.25) is 0 Å². The number of hydrogen-bond donors (Lipinski definition) is 1. The number of aromatic nitrogens is 2. The molecule has 1 amide bonds. The van der Waals surface area contributed by atoms with Crippen molar-refractivity contribution in [3.05, 3.63) is 63.9 Å². The van der Waals surface area contributed by atoms with Crippen molar-refractivity contribution in [3.8, 4) is 0 Å². The highest BCUT2D eigenvalue weighted by Gasteiger charge is 2.19. The van der Waals surface area contributed by atoms with Crippen LogP contribution in [0.5, 0.6) is 0 Å². The highest BCUT2D eigenvalue weighted by Crippen LogP contribution is 2.27. The number of carbonyl (C=O) groups is 1. The van der Waals surface area contributed by atoms with Crippen molar-refractivity contribution in [1.29, 1.82) is 0 Å². The molecule has 0 saturated carbocycles. The van der Waals surface area contributed by atoms with Crippen molar-refractivity contribution in [2.45, 2.75) is 51.9 Å². The lowest BCUT2D eigenvalue weighted by atomic mass is 10.1. The van der Waals surface area contributed by atoms with E-state index in [1.165, 1.54) is 11.8 Å². The summed E-state index contributed by atoms with van der Waals surface area (Å²) in [4.78, 5) is 30.9. The van der Waals surface area contributed by atoms with E-state index in [9.17, 15) is 9.59 Å². The van der Waals surface area contributed by atoms with Crippen LogP contribution >= 0.6 is 11.8 Å². The van der Waals surface area contributed by atoms with Crippen LogP contribution in [-0.2, 0) is 16.1 Å². The normalized spacial score (nSPS) is 11.6. The smallest absolute Gasteiger partial charge is 0.297 e. The first-order chi connectivity index (χ1) is 16.3. The molecule has 0 spiro atoms. The van der Waals surface area contributed by atoms with Crippen LogP contribution in [0.15, 0.2) is 56.8 Å². The van der Waals surface area contributed by atoms with E-state index < -0.39 is 0 Å². The second-order valence-electron chi connectivity index (χ2n) is 8.50. The van der Waals surface area contributed by atoms with Crippen LogP contribution in [0.25, 0.3) is 22.1 Å². The molecule has 0 aliphatic rings. The molecule has 0 saturated heterocycles. The topological polar surface area (TPSA) is 86.4 Å². The molecule has 178 valence electrons. The number of thioether (sulfide) groups is 1. The van der Waals surface area contributed by atoms with E-state index in [1.807, 2.05) is 70.2 Å². The third-order valence-corrected chi connectivity index (χ3v) is 6.48. The summed E-state index contributed by atoms with van der Waals surface area (Å²) in [7, 11) is 0. The van der Waals surface area contributed by atoms with Gasteiger partial charge in [-0.05, 0) is 57.4 Å². The molecule has 2 aromatic carbocycles. The summed E-state index contributed by atoms with van der Waals surface area (Å²) in [5.74, 6) is -0.0206. The number of nitrogens with zero attached hydrogens (tertiary/aromatic N) is 2. The zero-order chi connectivity index (χ0) is 24.2. The van der Waals surface area contributed by atoms with E-state index in [0.717, 1.165) is 22.2 Å². The quantitative estimate of drug-likeness (QED) is 0.199. The van der Waals surface area contributed by atoms with Crippen LogP contribution in [0.3, 0.4) is 0 Å². The first kappa shape index (κ1) is 24.0. The van der Waals surface area contributed by atoms with Crippen molar-refractivity contribution in [1.82, 2.24) is 9.55 Å². The summed E-state index contributed by atoms with van der Waals surface area (Å²) in [6, 6.07) is 13.3. The molecule has 8 heteroatoms. The molecule has 34 heavy (non-hydrogen) atoms. The maximum atomic E-state index is 13.3. The lowest BCUT2D eigenvalue weighted by Crippen LogP contribution is -2.25. The van der Waals surface area contributed by atoms with E-state index >= 15 is 0 Å². The number of amides is 1. The van der Waals surface area contributed by atoms with E-state index in [4.69, 9.17) is 14.1 Å². The van der Waals surface area contributed by atoms with Gasteiger partial charge in [-0.15, -0.1) is 0 Å². The monoisotopic (exact) mass is 479 g/mol. The lowest BCUT2D eigenvalue weighted by molar-refractivity contribution is -0.113. The average molecular weight is 480 g/mol. The number of para-hydroxylation sites is 2. The number of aryl methyl sites for hydroxylation is 2. The van der Waals surface area contributed by atoms with Crippen molar-refractivity contribution in [3.63, 3.8) is 0 Å². The van der Waals surface area contributed by atoms with Gasteiger partial charge < -0.3 is 14.5 Å². The Morgan fingerprint density at radius 2 is 1.88 bits per heavy atom. The SMILES string of the molecule is Cc1cccc(C)c1NC(=O)CSc1nc2c(oc3ccccc32)c(=O)n1CCCOC(C)C. The van der Waals surface area contributed by atoms with Gasteiger partial charge in [-0.3, -0.25) is 14.2 Å². The minimum atomic E-state index is -0.247. The number of carbonyl (C=O) groups excluding carboxylic acids is 1. The van der Waals surface area contributed by atoms with Crippen LogP contribution in [-0.4, -0.2) is 33.9 Å². The number of nitrogens with one attached hydrogen (secondary N) is 1. The Bertz CT molecular complexity index is 1370. The Morgan fingerprint density at radius 1 is 1.15 bits per heavy atom. The van der Waals surface area contributed by atoms with E-state index in [1.54, 1.807) is 4.57 Å². The number of ether oxygens (including phenoxy) is 1. The van der Waals surface area contributed by atoms with Gasteiger partial charge in [0, 0.05) is 24.2 Å². The van der Waals surface area contributed by atoms with Gasteiger partial charge in [0.25, 0.3) is 5.56 Å². The first-order valence-electron chi connectivity index (χ1n) is 11.4. The maximum absolute atomic E-state index is 13.3. The van der Waals surface area contributed by atoms with Crippen molar-refractivity contribution >= 4 is 45.4 Å². The fourth-order valence-electron chi connectivity index (χ4n) is 3.82. The molecule has 0 fully saturated rings. The van der Waals surface area contributed by atoms with Crippen molar-refractivity contribution in [2.75, 3.05) is 17.7 Å². The minimum Gasteiger partial charge on any atom is -0.448 e. The largest absolute Gasteiger partial charge is 0.448 e. The third-order valence-electron chi connectivity index (χ3n) is 5.50. The maximum Gasteiger partial charge on any atom is 0.297 e. The van der Waals surface area contributed by atoms with Crippen LogP contribution in [0.1, 0.15) is 31.4 Å². The Kier molecular flexibility index (Phi) is 7.38. The molecule has 4 aromatic rings. The summed E-state index contributed by atoms with van der Waals surface area (Å²) in [6.45, 7) is 8.83. The molecule has 7 nitrogen and oxygen atoms in total. The van der Waals surface area contributed by atoms with Crippen molar-refractivity contribution < 1.29 is 13.9 Å². The third kappa shape index (κ3) is 5.18. The molecular weight excluding hydrogens is 450 g/mol. The summed E-state index contributed by atoms with van der Waals surface area (Å²) >= 11 is 1.25. The van der Waals surface area contributed by atoms with Gasteiger partial charge in [0.1, 0.15) is 11.1 Å². The summed E-state index contributed by atoms with van der Waals surface area (Å²) in [6.07, 6.45) is 0.767. The van der Waals surface area contributed by atoms with Gasteiger partial charge in [-0.25, -0.2) is 4.98 Å². The molecule has 4 rings (SSSR count). The molecule has 0 radical (unpaired) electrons. The zero-order valence-electron chi connectivity index (χ0n) is 19.9. The molecular formula is C26H29N3O4S. The highest BCUT2D eigenvalue weighted by molar-refractivity contribution is 7.99. The summed E-state index contributed by atoms with van der Waals surface area (Å²) in [5, 5.41) is 4.27. The van der Waals surface area contributed by atoms with E-state index in [0.29, 0.717) is 35.8 Å². The fourth-order valence-corrected chi connectivity index (χ4v) is 4.64. The van der Waals surface area contributed by atoms with Gasteiger partial charge in [0.2, 0.25) is 11.5 Å². The summed E-state index contributed by atoms with van der Waals surface area (Å²) < 4.78 is 13.1. The van der Waals surface area contributed by atoms with E-state index in [-0.39, 0.29) is 28.9 Å². The first-order valence-corrected chi connectivity index (χ1v) is 12.4. The van der Waals surface area contributed by atoms with Gasteiger partial charge in [0.15, 0.2) is 5.16 Å². The molecule has 0 bridgehead atoms. The molecule has 2 heterocycles. The van der Waals surface area contributed by atoms with Gasteiger partial charge in [-0.2, -0.15) is 0 Å². The molecule has 1 N–H and O–H groups in total. The number of anilines is 1. The van der Waals surface area contributed by atoms with Gasteiger partial charge >= 0.3 is 0 Å². The Labute approximate surface area is 202 Å². The second-order valence-corrected chi connectivity index (χ2v) is 9.45. The molecule has 2 aromatic heterocycles. The van der Waals surface area contributed by atoms with Gasteiger partial charge in [-0.1, -0.05) is 42.1 Å². The summed E-state index contributed by atoms with van der Waals surface area (Å²) in [5.41, 5.74) is 3.95. The molecule has 0 aliphatic heterocycles. The van der Waals surface area contributed by atoms with E-state index in [2.05, 4.69) is 5.32 Å². The predicted octanol–water partition coefficient (Wildman–Crippen LogP) is 5.31. The predicted molar refractivity (Wildman–Crippen MR) is 137 cm³/mol. The number of furan rings is 1. The average Bonchev–Trinajstić information content (AvgIpc) is 3.18. The fraction of sp³-hybridized carbons (Fsp3) is 0.346. The standard InChI is InChI=1S/C26H29N3O4S/c1-16(2)32-14-8-13-29-25(31)24-23(19-11-5-6-12-20(19)33-24)28-26(29)34-15-21(30)27-22-17(3)9-7-10-18(22)4/h5-7,9-12,16H,8,13-15H2,1-4H3,(H,27,30). The van der Waals surface area contributed by atoms with Crippen LogP contribution < -0.4 is 10.9 Å². The Morgan fingerprint density at radius 3 is 2.62 bits per heavy atom. The lowest BCUT2D eigenvalue weighted by Gasteiger charge is -2.14. The number of hydrogen-bond acceptors (Lipinski definition) is 6. The Hall–Kier alpha value is -3.10. The highest BCUT2D eigenvalue weighted by atomic mass is 32.2. The van der Waals surface area contributed by atoms with Crippen LogP contribution in [0.4, 0.5) is 5.69 Å². The second kappa shape index (κ2) is 10.4. The number of benzene rings is 2. The number of rotatable bonds is 9.